The Morgan fingerprint density at radius 1 is 1.14 bits per heavy atom. The minimum Gasteiger partial charge on any atom is -0.462 e. The van der Waals surface area contributed by atoms with Crippen molar-refractivity contribution in [3.05, 3.63) is 64.7 Å². The number of anilines is 1. The molecular formula is C21H24ClN3O2S. The summed E-state index contributed by atoms with van der Waals surface area (Å²) in [6.45, 7) is 6.67. The number of hydrogen-bond donors (Lipinski definition) is 1. The number of piperazine rings is 1. The highest BCUT2D eigenvalue weighted by molar-refractivity contribution is 7.80. The quantitative estimate of drug-likeness (QED) is 0.585. The highest BCUT2D eigenvalue weighted by atomic mass is 35.5. The second kappa shape index (κ2) is 9.87. The number of carbonyl (C=O) groups excluding carboxylic acids is 1. The van der Waals surface area contributed by atoms with Gasteiger partial charge in [-0.25, -0.2) is 4.79 Å². The van der Waals surface area contributed by atoms with Gasteiger partial charge in [-0.3, -0.25) is 4.90 Å². The zero-order chi connectivity index (χ0) is 19.9. The van der Waals surface area contributed by atoms with E-state index < -0.39 is 0 Å². The average molecular weight is 418 g/mol. The highest BCUT2D eigenvalue weighted by Gasteiger charge is 2.19. The minimum absolute atomic E-state index is 0.313. The second-order valence-corrected chi connectivity index (χ2v) is 7.44. The highest BCUT2D eigenvalue weighted by Crippen LogP contribution is 2.15. The molecule has 5 nitrogen and oxygen atoms in total. The number of nitrogens with one attached hydrogen (secondary N) is 1. The van der Waals surface area contributed by atoms with Gasteiger partial charge >= 0.3 is 5.97 Å². The number of hydrogen-bond acceptors (Lipinski definition) is 4. The van der Waals surface area contributed by atoms with Crippen molar-refractivity contribution in [2.75, 3.05) is 38.1 Å². The van der Waals surface area contributed by atoms with Gasteiger partial charge in [-0.1, -0.05) is 23.7 Å². The van der Waals surface area contributed by atoms with Crippen LogP contribution in [0.4, 0.5) is 5.69 Å². The van der Waals surface area contributed by atoms with E-state index >= 15 is 0 Å². The molecule has 3 rings (SSSR count). The first kappa shape index (κ1) is 20.6. The number of carbonyl (C=O) groups is 1. The van der Waals surface area contributed by atoms with Crippen LogP contribution < -0.4 is 5.32 Å². The zero-order valence-corrected chi connectivity index (χ0v) is 17.4. The Balaban J connectivity index is 1.48. The normalized spacial score (nSPS) is 14.6. The lowest BCUT2D eigenvalue weighted by Crippen LogP contribution is -2.49. The molecule has 1 aliphatic heterocycles. The summed E-state index contributed by atoms with van der Waals surface area (Å²) < 4.78 is 5.00. The van der Waals surface area contributed by atoms with Crippen LogP contribution >= 0.6 is 23.8 Å². The van der Waals surface area contributed by atoms with E-state index in [1.807, 2.05) is 30.3 Å². The summed E-state index contributed by atoms with van der Waals surface area (Å²) in [5.41, 5.74) is 2.62. The average Bonchev–Trinajstić information content (AvgIpc) is 2.69. The van der Waals surface area contributed by atoms with Crippen LogP contribution in [0.2, 0.25) is 5.02 Å². The van der Waals surface area contributed by atoms with Crippen molar-refractivity contribution in [1.82, 2.24) is 9.80 Å². The van der Waals surface area contributed by atoms with E-state index in [1.54, 1.807) is 19.1 Å². The Bertz CT molecular complexity index is 821. The molecule has 0 atom stereocenters. The van der Waals surface area contributed by atoms with Crippen LogP contribution in [-0.2, 0) is 11.3 Å². The molecule has 0 amide bonds. The molecule has 0 saturated carbocycles. The van der Waals surface area contributed by atoms with E-state index in [2.05, 4.69) is 21.2 Å². The Kier molecular flexibility index (Phi) is 7.25. The Hall–Kier alpha value is -2.15. The lowest BCUT2D eigenvalue weighted by molar-refractivity contribution is 0.0526. The number of benzene rings is 2. The van der Waals surface area contributed by atoms with E-state index in [4.69, 9.17) is 28.6 Å². The molecule has 7 heteroatoms. The summed E-state index contributed by atoms with van der Waals surface area (Å²) in [5, 5.41) is 4.72. The molecule has 0 aromatic heterocycles. The Morgan fingerprint density at radius 3 is 2.50 bits per heavy atom. The molecule has 2 aromatic rings. The third-order valence-electron chi connectivity index (χ3n) is 4.60. The van der Waals surface area contributed by atoms with Gasteiger partial charge in [0.2, 0.25) is 0 Å². The fraction of sp³-hybridized carbons (Fsp3) is 0.333. The van der Waals surface area contributed by atoms with Gasteiger partial charge in [0, 0.05) is 43.4 Å². The molecule has 1 N–H and O–H groups in total. The maximum absolute atomic E-state index is 11.7. The summed E-state index contributed by atoms with van der Waals surface area (Å²) in [6, 6.07) is 15.2. The van der Waals surface area contributed by atoms with Crippen molar-refractivity contribution in [3.63, 3.8) is 0 Å². The molecular weight excluding hydrogens is 394 g/mol. The van der Waals surface area contributed by atoms with Gasteiger partial charge in [-0.2, -0.15) is 0 Å². The van der Waals surface area contributed by atoms with E-state index in [1.165, 1.54) is 5.56 Å². The van der Waals surface area contributed by atoms with Crippen molar-refractivity contribution >= 4 is 40.6 Å². The first-order valence-electron chi connectivity index (χ1n) is 9.35. The summed E-state index contributed by atoms with van der Waals surface area (Å²) in [5.74, 6) is -0.313. The van der Waals surface area contributed by atoms with Crippen LogP contribution in [0, 0.1) is 0 Å². The first-order chi connectivity index (χ1) is 13.5. The molecule has 1 heterocycles. The van der Waals surface area contributed by atoms with E-state index in [0.717, 1.165) is 43.4 Å². The zero-order valence-electron chi connectivity index (χ0n) is 15.9. The van der Waals surface area contributed by atoms with Gasteiger partial charge in [-0.05, 0) is 61.1 Å². The lowest BCUT2D eigenvalue weighted by Gasteiger charge is -2.36. The number of halogens is 1. The van der Waals surface area contributed by atoms with E-state index in [0.29, 0.717) is 17.3 Å². The predicted octanol–water partition coefficient (Wildman–Crippen LogP) is 4.03. The fourth-order valence-electron chi connectivity index (χ4n) is 3.11. The van der Waals surface area contributed by atoms with Gasteiger partial charge < -0.3 is 15.0 Å². The van der Waals surface area contributed by atoms with Crippen LogP contribution in [0.1, 0.15) is 22.8 Å². The molecule has 0 aliphatic carbocycles. The maximum Gasteiger partial charge on any atom is 0.338 e. The third-order valence-corrected chi connectivity index (χ3v) is 5.20. The van der Waals surface area contributed by atoms with E-state index in [9.17, 15) is 4.79 Å². The number of nitrogens with zero attached hydrogens (tertiary/aromatic N) is 2. The number of rotatable bonds is 5. The molecule has 0 radical (unpaired) electrons. The van der Waals surface area contributed by atoms with Crippen molar-refractivity contribution in [3.8, 4) is 0 Å². The van der Waals surface area contributed by atoms with Crippen molar-refractivity contribution < 1.29 is 9.53 Å². The summed E-state index contributed by atoms with van der Waals surface area (Å²) in [7, 11) is 0. The van der Waals surface area contributed by atoms with E-state index in [-0.39, 0.29) is 5.97 Å². The predicted molar refractivity (Wildman–Crippen MR) is 117 cm³/mol. The Morgan fingerprint density at radius 2 is 1.86 bits per heavy atom. The first-order valence-corrected chi connectivity index (χ1v) is 10.1. The third kappa shape index (κ3) is 5.67. The van der Waals surface area contributed by atoms with Crippen LogP contribution in [0.5, 0.6) is 0 Å². The van der Waals surface area contributed by atoms with Gasteiger partial charge in [0.1, 0.15) is 0 Å². The van der Waals surface area contributed by atoms with Crippen LogP contribution in [0.25, 0.3) is 0 Å². The van der Waals surface area contributed by atoms with Crippen LogP contribution in [-0.4, -0.2) is 53.7 Å². The SMILES string of the molecule is CCOC(=O)c1ccc(NC(=S)N2CCN(Cc3cccc(Cl)c3)CC2)cc1. The molecule has 0 bridgehead atoms. The monoisotopic (exact) mass is 417 g/mol. The lowest BCUT2D eigenvalue weighted by atomic mass is 10.2. The molecule has 0 unspecified atom stereocenters. The number of thiocarbonyl (C=S) groups is 1. The smallest absolute Gasteiger partial charge is 0.338 e. The summed E-state index contributed by atoms with van der Waals surface area (Å²) >= 11 is 11.6. The van der Waals surface area contributed by atoms with Crippen molar-refractivity contribution in [1.29, 1.82) is 0 Å². The van der Waals surface area contributed by atoms with Crippen LogP contribution in [0.3, 0.4) is 0 Å². The standard InChI is InChI=1S/C21H24ClN3O2S/c1-2-27-20(26)17-6-8-19(9-7-17)23-21(28)25-12-10-24(11-13-25)15-16-4-3-5-18(22)14-16/h3-9,14H,2,10-13,15H2,1H3,(H,23,28). The summed E-state index contributed by atoms with van der Waals surface area (Å²) in [4.78, 5) is 16.3. The van der Waals surface area contributed by atoms with Gasteiger partial charge in [0.05, 0.1) is 12.2 Å². The topological polar surface area (TPSA) is 44.8 Å². The Labute approximate surface area is 176 Å². The molecule has 2 aromatic carbocycles. The molecule has 0 spiro atoms. The number of esters is 1. The van der Waals surface area contributed by atoms with Gasteiger partial charge in [0.15, 0.2) is 5.11 Å². The largest absolute Gasteiger partial charge is 0.462 e. The fourth-order valence-corrected chi connectivity index (χ4v) is 3.62. The van der Waals surface area contributed by atoms with Crippen LogP contribution in [0.15, 0.2) is 48.5 Å². The molecule has 28 heavy (non-hydrogen) atoms. The molecule has 1 fully saturated rings. The molecule has 1 aliphatic rings. The molecule has 148 valence electrons. The maximum atomic E-state index is 11.7. The minimum atomic E-state index is -0.313. The second-order valence-electron chi connectivity index (χ2n) is 6.62. The number of ether oxygens (including phenoxy) is 1. The summed E-state index contributed by atoms with van der Waals surface area (Å²) in [6.07, 6.45) is 0. The molecule has 1 saturated heterocycles. The van der Waals surface area contributed by atoms with Crippen molar-refractivity contribution in [2.24, 2.45) is 0 Å². The van der Waals surface area contributed by atoms with Gasteiger partial charge in [-0.15, -0.1) is 0 Å². The van der Waals surface area contributed by atoms with Gasteiger partial charge in [0.25, 0.3) is 0 Å². The van der Waals surface area contributed by atoms with Crippen molar-refractivity contribution in [2.45, 2.75) is 13.5 Å².